The molecule has 0 fully saturated rings. The number of ether oxygens (including phenoxy) is 1. The smallest absolute Gasteiger partial charge is 0.223 e. The first kappa shape index (κ1) is 15.5. The van der Waals surface area contributed by atoms with E-state index in [1.165, 1.54) is 0 Å². The number of benzene rings is 1. The van der Waals surface area contributed by atoms with Gasteiger partial charge in [0.05, 0.1) is 28.6 Å². The van der Waals surface area contributed by atoms with Crippen molar-refractivity contribution in [2.45, 2.75) is 20.0 Å². The first-order valence-electron chi connectivity index (χ1n) is 5.56. The normalized spacial score (nSPS) is 10.2. The molecule has 0 heterocycles. The van der Waals surface area contributed by atoms with E-state index in [1.807, 2.05) is 6.92 Å². The number of carbonyl (C=O) groups excluding carboxylic acids is 1. The van der Waals surface area contributed by atoms with Gasteiger partial charge in [0.15, 0.2) is 0 Å². The predicted octanol–water partition coefficient (Wildman–Crippen LogP) is 2.61. The second-order valence-corrected chi connectivity index (χ2v) is 5.31. The second kappa shape index (κ2) is 7.76. The van der Waals surface area contributed by atoms with Gasteiger partial charge in [-0.05, 0) is 56.5 Å². The maximum Gasteiger partial charge on any atom is 0.223 e. The Morgan fingerprint density at radius 1 is 1.39 bits per heavy atom. The van der Waals surface area contributed by atoms with E-state index >= 15 is 0 Å². The first-order chi connectivity index (χ1) is 8.58. The maximum atomic E-state index is 11.3. The fourth-order valence-electron chi connectivity index (χ4n) is 1.37. The molecule has 18 heavy (non-hydrogen) atoms. The van der Waals surface area contributed by atoms with Crippen molar-refractivity contribution in [1.82, 2.24) is 5.32 Å². The van der Waals surface area contributed by atoms with Gasteiger partial charge in [0.2, 0.25) is 5.91 Å². The molecule has 100 valence electrons. The molecule has 0 radical (unpaired) electrons. The highest BCUT2D eigenvalue weighted by atomic mass is 79.9. The standard InChI is InChI=1S/C12H15Br2NO3/c1-2-15-11(17)3-4-18-12-9(13)5-8(7-16)6-10(12)14/h5-6,16H,2-4,7H2,1H3,(H,15,17). The number of halogens is 2. The molecule has 1 amide bonds. The summed E-state index contributed by atoms with van der Waals surface area (Å²) in [4.78, 5) is 11.3. The van der Waals surface area contributed by atoms with Gasteiger partial charge in [0.1, 0.15) is 5.75 Å². The number of hydrogen-bond donors (Lipinski definition) is 2. The van der Waals surface area contributed by atoms with Crippen molar-refractivity contribution < 1.29 is 14.6 Å². The van der Waals surface area contributed by atoms with Crippen LogP contribution in [0.1, 0.15) is 18.9 Å². The van der Waals surface area contributed by atoms with Gasteiger partial charge in [-0.3, -0.25) is 4.79 Å². The number of rotatable bonds is 6. The summed E-state index contributed by atoms with van der Waals surface area (Å²) in [6.07, 6.45) is 0.314. The molecule has 0 saturated carbocycles. The van der Waals surface area contributed by atoms with Crippen LogP contribution in [-0.4, -0.2) is 24.2 Å². The molecule has 0 bridgehead atoms. The summed E-state index contributed by atoms with van der Waals surface area (Å²) in [6.45, 7) is 2.77. The summed E-state index contributed by atoms with van der Waals surface area (Å²) >= 11 is 6.74. The zero-order valence-corrected chi connectivity index (χ0v) is 13.2. The summed E-state index contributed by atoms with van der Waals surface area (Å²) in [5, 5.41) is 11.8. The van der Waals surface area contributed by atoms with E-state index in [2.05, 4.69) is 37.2 Å². The van der Waals surface area contributed by atoms with E-state index in [-0.39, 0.29) is 12.5 Å². The van der Waals surface area contributed by atoms with Gasteiger partial charge in [0, 0.05) is 6.54 Å². The van der Waals surface area contributed by atoms with E-state index < -0.39 is 0 Å². The van der Waals surface area contributed by atoms with E-state index in [9.17, 15) is 4.79 Å². The van der Waals surface area contributed by atoms with Crippen LogP contribution in [-0.2, 0) is 11.4 Å². The van der Waals surface area contributed by atoms with Crippen molar-refractivity contribution in [3.05, 3.63) is 26.6 Å². The number of carbonyl (C=O) groups is 1. The van der Waals surface area contributed by atoms with E-state index in [0.717, 1.165) is 14.5 Å². The third kappa shape index (κ3) is 4.59. The van der Waals surface area contributed by atoms with Crippen LogP contribution in [0.3, 0.4) is 0 Å². The summed E-state index contributed by atoms with van der Waals surface area (Å²) in [6, 6.07) is 3.57. The Bertz CT molecular complexity index is 401. The Hall–Kier alpha value is -0.590. The SMILES string of the molecule is CCNC(=O)CCOc1c(Br)cc(CO)cc1Br. The number of amides is 1. The van der Waals surface area contributed by atoms with Crippen molar-refractivity contribution in [3.63, 3.8) is 0 Å². The molecular formula is C12H15Br2NO3. The minimum Gasteiger partial charge on any atom is -0.491 e. The van der Waals surface area contributed by atoms with Gasteiger partial charge in [0.25, 0.3) is 0 Å². The highest BCUT2D eigenvalue weighted by Crippen LogP contribution is 2.34. The molecule has 0 atom stereocenters. The lowest BCUT2D eigenvalue weighted by molar-refractivity contribution is -0.121. The van der Waals surface area contributed by atoms with Gasteiger partial charge < -0.3 is 15.2 Å². The lowest BCUT2D eigenvalue weighted by atomic mass is 10.2. The Labute approximate surface area is 123 Å². The molecule has 0 saturated heterocycles. The van der Waals surface area contributed by atoms with Gasteiger partial charge in [-0.25, -0.2) is 0 Å². The molecule has 6 heteroatoms. The summed E-state index contributed by atoms with van der Waals surface area (Å²) in [5.41, 5.74) is 0.782. The number of aliphatic hydroxyl groups is 1. The van der Waals surface area contributed by atoms with Gasteiger partial charge in [-0.2, -0.15) is 0 Å². The van der Waals surface area contributed by atoms with Crippen LogP contribution in [0, 0.1) is 0 Å². The van der Waals surface area contributed by atoms with Crippen LogP contribution in [0.25, 0.3) is 0 Å². The molecule has 1 aromatic carbocycles. The lowest BCUT2D eigenvalue weighted by Gasteiger charge is -2.11. The Balaban J connectivity index is 2.60. The van der Waals surface area contributed by atoms with E-state index in [0.29, 0.717) is 25.3 Å². The zero-order chi connectivity index (χ0) is 13.5. The Morgan fingerprint density at radius 2 is 2.00 bits per heavy atom. The van der Waals surface area contributed by atoms with Gasteiger partial charge in [-0.1, -0.05) is 0 Å². The fourth-order valence-corrected chi connectivity index (χ4v) is 2.88. The maximum absolute atomic E-state index is 11.3. The van der Waals surface area contributed by atoms with Crippen LogP contribution < -0.4 is 10.1 Å². The molecular weight excluding hydrogens is 366 g/mol. The van der Waals surface area contributed by atoms with Gasteiger partial charge >= 0.3 is 0 Å². The minimum absolute atomic E-state index is 0.0308. The van der Waals surface area contributed by atoms with Crippen LogP contribution >= 0.6 is 31.9 Å². The van der Waals surface area contributed by atoms with Crippen molar-refractivity contribution in [1.29, 1.82) is 0 Å². The largest absolute Gasteiger partial charge is 0.491 e. The molecule has 0 aliphatic carbocycles. The van der Waals surface area contributed by atoms with Crippen molar-refractivity contribution >= 4 is 37.8 Å². The average molecular weight is 381 g/mol. The highest BCUT2D eigenvalue weighted by molar-refractivity contribution is 9.11. The molecule has 1 aromatic rings. The zero-order valence-electron chi connectivity index (χ0n) is 10.0. The molecule has 0 unspecified atom stereocenters. The van der Waals surface area contributed by atoms with Gasteiger partial charge in [-0.15, -0.1) is 0 Å². The van der Waals surface area contributed by atoms with Crippen molar-refractivity contribution in [3.8, 4) is 5.75 Å². The van der Waals surface area contributed by atoms with Crippen molar-refractivity contribution in [2.24, 2.45) is 0 Å². The molecule has 1 rings (SSSR count). The third-order valence-corrected chi connectivity index (χ3v) is 3.37. The third-order valence-electron chi connectivity index (χ3n) is 2.19. The molecule has 0 aliphatic heterocycles. The average Bonchev–Trinajstić information content (AvgIpc) is 2.32. The summed E-state index contributed by atoms with van der Waals surface area (Å²) in [5.74, 6) is 0.605. The fraction of sp³-hybridized carbons (Fsp3) is 0.417. The molecule has 2 N–H and O–H groups in total. The predicted molar refractivity (Wildman–Crippen MR) is 76.6 cm³/mol. The van der Waals surface area contributed by atoms with Crippen LogP contribution in [0.5, 0.6) is 5.75 Å². The monoisotopic (exact) mass is 379 g/mol. The number of hydrogen-bond acceptors (Lipinski definition) is 3. The molecule has 0 spiro atoms. The van der Waals surface area contributed by atoms with Crippen molar-refractivity contribution in [2.75, 3.05) is 13.2 Å². The Kier molecular flexibility index (Phi) is 6.67. The first-order valence-corrected chi connectivity index (χ1v) is 7.15. The van der Waals surface area contributed by atoms with E-state index in [4.69, 9.17) is 9.84 Å². The summed E-state index contributed by atoms with van der Waals surface area (Å²) in [7, 11) is 0. The molecule has 4 nitrogen and oxygen atoms in total. The topological polar surface area (TPSA) is 58.6 Å². The minimum atomic E-state index is -0.0314. The van der Waals surface area contributed by atoms with Crippen LogP contribution in [0.15, 0.2) is 21.1 Å². The Morgan fingerprint density at radius 3 is 2.50 bits per heavy atom. The molecule has 0 aromatic heterocycles. The second-order valence-electron chi connectivity index (χ2n) is 3.60. The summed E-state index contributed by atoms with van der Waals surface area (Å²) < 4.78 is 7.04. The lowest BCUT2D eigenvalue weighted by Crippen LogP contribution is -2.24. The number of nitrogens with one attached hydrogen (secondary N) is 1. The number of aliphatic hydroxyl groups excluding tert-OH is 1. The van der Waals surface area contributed by atoms with Crippen LogP contribution in [0.2, 0.25) is 0 Å². The highest BCUT2D eigenvalue weighted by Gasteiger charge is 2.09. The van der Waals surface area contributed by atoms with Crippen LogP contribution in [0.4, 0.5) is 0 Å². The quantitative estimate of drug-likeness (QED) is 0.797. The van der Waals surface area contributed by atoms with E-state index in [1.54, 1.807) is 12.1 Å². The molecule has 0 aliphatic rings.